The van der Waals surface area contributed by atoms with E-state index < -0.39 is 9.05 Å². The molecule has 0 N–H and O–H groups in total. The van der Waals surface area contributed by atoms with Gasteiger partial charge in [-0.05, 0) is 17.7 Å². The van der Waals surface area contributed by atoms with Gasteiger partial charge in [0, 0.05) is 16.6 Å². The highest BCUT2D eigenvalue weighted by atomic mass is 35.7. The molecule has 1 aromatic carbocycles. The Morgan fingerprint density at radius 1 is 1.43 bits per heavy atom. The van der Waals surface area contributed by atoms with Crippen LogP contribution in [0.3, 0.4) is 0 Å². The number of halogens is 2. The molecule has 78 valence electrons. The van der Waals surface area contributed by atoms with Crippen LogP contribution in [-0.4, -0.2) is 15.5 Å². The maximum Gasteiger partial charge on any atom is 0.264 e. The van der Waals surface area contributed by atoms with Crippen molar-refractivity contribution >= 4 is 31.3 Å². The van der Waals surface area contributed by atoms with Crippen LogP contribution in [0.1, 0.15) is 5.56 Å². The van der Waals surface area contributed by atoms with Gasteiger partial charge in [0.1, 0.15) is 10.6 Å². The van der Waals surface area contributed by atoms with Crippen LogP contribution in [-0.2, 0) is 14.9 Å². The minimum Gasteiger partial charge on any atom is -0.495 e. The summed E-state index contributed by atoms with van der Waals surface area (Å²) in [6.07, 6.45) is 0. The molecule has 14 heavy (non-hydrogen) atoms. The summed E-state index contributed by atoms with van der Waals surface area (Å²) in [5.74, 6) is 0.442. The quantitative estimate of drug-likeness (QED) is 0.615. The van der Waals surface area contributed by atoms with E-state index in [4.69, 9.17) is 27.0 Å². The zero-order valence-corrected chi connectivity index (χ0v) is 9.66. The van der Waals surface area contributed by atoms with Gasteiger partial charge >= 0.3 is 0 Å². The average molecular weight is 255 g/mol. The van der Waals surface area contributed by atoms with Crippen LogP contribution < -0.4 is 4.74 Å². The van der Waals surface area contributed by atoms with Crippen molar-refractivity contribution in [3.63, 3.8) is 0 Å². The summed E-state index contributed by atoms with van der Waals surface area (Å²) in [7, 11) is 2.81. The van der Waals surface area contributed by atoms with Gasteiger partial charge in [-0.2, -0.15) is 0 Å². The first kappa shape index (κ1) is 11.6. The zero-order chi connectivity index (χ0) is 10.8. The van der Waals surface area contributed by atoms with E-state index >= 15 is 0 Å². The second-order valence-corrected chi connectivity index (χ2v) is 5.36. The molecule has 0 atom stereocenters. The SMILES string of the molecule is COc1ccc(CCl)cc1S(=O)(=O)Cl. The average Bonchev–Trinajstić information content (AvgIpc) is 2.15. The van der Waals surface area contributed by atoms with E-state index in [1.807, 2.05) is 0 Å². The summed E-state index contributed by atoms with van der Waals surface area (Å²) in [5, 5.41) is 0. The number of alkyl halides is 1. The van der Waals surface area contributed by atoms with Crippen LogP contribution in [0.25, 0.3) is 0 Å². The fourth-order valence-corrected chi connectivity index (χ4v) is 2.21. The molecule has 0 heterocycles. The Bertz CT molecular complexity index is 428. The lowest BCUT2D eigenvalue weighted by molar-refractivity contribution is 0.403. The van der Waals surface area contributed by atoms with Crippen LogP contribution in [0.4, 0.5) is 0 Å². The maximum atomic E-state index is 11.1. The minimum absolute atomic E-state index is 0.0557. The molecule has 1 aromatic rings. The van der Waals surface area contributed by atoms with E-state index in [2.05, 4.69) is 0 Å². The first-order valence-corrected chi connectivity index (χ1v) is 6.51. The van der Waals surface area contributed by atoms with E-state index in [0.29, 0.717) is 5.56 Å². The Morgan fingerprint density at radius 3 is 2.50 bits per heavy atom. The summed E-state index contributed by atoms with van der Waals surface area (Å²) in [6.45, 7) is 0. The molecule has 0 amide bonds. The first-order valence-electron chi connectivity index (χ1n) is 3.66. The molecule has 0 aliphatic heterocycles. The van der Waals surface area contributed by atoms with Gasteiger partial charge in [-0.15, -0.1) is 11.6 Å². The van der Waals surface area contributed by atoms with Gasteiger partial charge in [0.25, 0.3) is 9.05 Å². The van der Waals surface area contributed by atoms with Gasteiger partial charge in [-0.3, -0.25) is 0 Å². The molecule has 0 saturated carbocycles. The van der Waals surface area contributed by atoms with Crippen LogP contribution in [0.2, 0.25) is 0 Å². The van der Waals surface area contributed by atoms with Crippen LogP contribution in [0.15, 0.2) is 23.1 Å². The van der Waals surface area contributed by atoms with Crippen LogP contribution in [0, 0.1) is 0 Å². The van der Waals surface area contributed by atoms with Crippen molar-refractivity contribution in [2.24, 2.45) is 0 Å². The zero-order valence-electron chi connectivity index (χ0n) is 7.33. The molecule has 0 aliphatic carbocycles. The molecule has 0 fully saturated rings. The Kier molecular flexibility index (Phi) is 3.64. The lowest BCUT2D eigenvalue weighted by Gasteiger charge is -2.06. The number of benzene rings is 1. The van der Waals surface area contributed by atoms with Crippen molar-refractivity contribution in [1.82, 2.24) is 0 Å². The lowest BCUT2D eigenvalue weighted by atomic mass is 10.2. The van der Waals surface area contributed by atoms with Crippen LogP contribution >= 0.6 is 22.3 Å². The van der Waals surface area contributed by atoms with E-state index in [1.54, 1.807) is 6.07 Å². The Morgan fingerprint density at radius 2 is 2.07 bits per heavy atom. The van der Waals surface area contributed by atoms with E-state index in [9.17, 15) is 8.42 Å². The topological polar surface area (TPSA) is 43.4 Å². The molecule has 1 rings (SSSR count). The highest BCUT2D eigenvalue weighted by Gasteiger charge is 2.16. The predicted molar refractivity (Wildman–Crippen MR) is 55.6 cm³/mol. The summed E-state index contributed by atoms with van der Waals surface area (Å²) < 4.78 is 27.1. The van der Waals surface area contributed by atoms with E-state index in [-0.39, 0.29) is 16.5 Å². The molecule has 0 aliphatic rings. The fourth-order valence-electron chi connectivity index (χ4n) is 0.995. The van der Waals surface area contributed by atoms with E-state index in [1.165, 1.54) is 19.2 Å². The van der Waals surface area contributed by atoms with Gasteiger partial charge in [0.15, 0.2) is 0 Å². The van der Waals surface area contributed by atoms with Crippen molar-refractivity contribution in [3.8, 4) is 5.75 Å². The Labute approximate surface area is 92.0 Å². The first-order chi connectivity index (χ1) is 6.49. The fraction of sp³-hybridized carbons (Fsp3) is 0.250. The molecular formula is C8H8Cl2O3S. The van der Waals surface area contributed by atoms with Gasteiger partial charge in [0.2, 0.25) is 0 Å². The molecule has 0 bridgehead atoms. The summed E-state index contributed by atoms with van der Waals surface area (Å²) in [5.41, 5.74) is 0.673. The number of rotatable bonds is 3. The summed E-state index contributed by atoms with van der Waals surface area (Å²) >= 11 is 5.57. The standard InChI is InChI=1S/C8H8Cl2O3S/c1-13-7-3-2-6(5-9)4-8(7)14(10,11)12/h2-4H,5H2,1H3. The molecule has 0 unspecified atom stereocenters. The number of ether oxygens (including phenoxy) is 1. The highest BCUT2D eigenvalue weighted by molar-refractivity contribution is 8.13. The summed E-state index contributed by atoms with van der Waals surface area (Å²) in [6, 6.07) is 4.60. The van der Waals surface area contributed by atoms with E-state index in [0.717, 1.165) is 0 Å². The number of methoxy groups -OCH3 is 1. The molecule has 6 heteroatoms. The van der Waals surface area contributed by atoms with Gasteiger partial charge in [-0.1, -0.05) is 6.07 Å². The number of hydrogen-bond donors (Lipinski definition) is 0. The molecule has 0 spiro atoms. The van der Waals surface area contributed by atoms with Gasteiger partial charge < -0.3 is 4.74 Å². The third-order valence-electron chi connectivity index (χ3n) is 1.65. The van der Waals surface area contributed by atoms with Crippen molar-refractivity contribution in [2.75, 3.05) is 7.11 Å². The third kappa shape index (κ3) is 2.53. The molecule has 0 saturated heterocycles. The highest BCUT2D eigenvalue weighted by Crippen LogP contribution is 2.28. The van der Waals surface area contributed by atoms with Crippen molar-refractivity contribution in [2.45, 2.75) is 10.8 Å². The van der Waals surface area contributed by atoms with Crippen LogP contribution in [0.5, 0.6) is 5.75 Å². The van der Waals surface area contributed by atoms with Crippen molar-refractivity contribution in [1.29, 1.82) is 0 Å². The monoisotopic (exact) mass is 254 g/mol. The lowest BCUT2D eigenvalue weighted by Crippen LogP contribution is -1.97. The molecule has 0 radical (unpaired) electrons. The Hall–Kier alpha value is -0.450. The van der Waals surface area contributed by atoms with Gasteiger partial charge in [0.05, 0.1) is 7.11 Å². The van der Waals surface area contributed by atoms with Gasteiger partial charge in [-0.25, -0.2) is 8.42 Å². The Balaban J connectivity index is 3.37. The third-order valence-corrected chi connectivity index (χ3v) is 3.30. The molecule has 0 aromatic heterocycles. The largest absolute Gasteiger partial charge is 0.495 e. The number of hydrogen-bond acceptors (Lipinski definition) is 3. The van der Waals surface area contributed by atoms with Crippen molar-refractivity contribution in [3.05, 3.63) is 23.8 Å². The van der Waals surface area contributed by atoms with Crippen molar-refractivity contribution < 1.29 is 13.2 Å². The maximum absolute atomic E-state index is 11.1. The molecular weight excluding hydrogens is 247 g/mol. The predicted octanol–water partition coefficient (Wildman–Crippen LogP) is 2.36. The summed E-state index contributed by atoms with van der Waals surface area (Å²) in [4.78, 5) is -0.0557. The normalized spacial score (nSPS) is 11.4. The smallest absolute Gasteiger partial charge is 0.264 e. The second kappa shape index (κ2) is 4.38. The second-order valence-electron chi connectivity index (χ2n) is 2.56. The molecule has 3 nitrogen and oxygen atoms in total. The minimum atomic E-state index is -3.79.